The second-order valence-electron chi connectivity index (χ2n) is 7.38. The minimum absolute atomic E-state index is 0.0316. The Morgan fingerprint density at radius 2 is 2.29 bits per heavy atom. The molecule has 4 rings (SSSR count). The Balaban J connectivity index is 1.57. The molecule has 128 valence electrons. The van der Waals surface area contributed by atoms with Gasteiger partial charge >= 0.3 is 10.2 Å². The van der Waals surface area contributed by atoms with Crippen LogP contribution >= 0.6 is 0 Å². The van der Waals surface area contributed by atoms with Gasteiger partial charge in [0.15, 0.2) is 5.84 Å². The third kappa shape index (κ3) is 2.77. The van der Waals surface area contributed by atoms with Gasteiger partial charge in [-0.15, -0.1) is 4.40 Å². The van der Waals surface area contributed by atoms with Gasteiger partial charge in [0.2, 0.25) is 0 Å². The lowest BCUT2D eigenvalue weighted by Crippen LogP contribution is -2.32. The van der Waals surface area contributed by atoms with Gasteiger partial charge in [0, 0.05) is 5.41 Å². The van der Waals surface area contributed by atoms with E-state index in [4.69, 9.17) is 10.5 Å². The van der Waals surface area contributed by atoms with Crippen molar-refractivity contribution >= 4 is 21.7 Å². The van der Waals surface area contributed by atoms with E-state index in [0.717, 1.165) is 18.8 Å². The lowest BCUT2D eigenvalue weighted by atomic mass is 9.72. The van der Waals surface area contributed by atoms with Gasteiger partial charge in [-0.05, 0) is 43.7 Å². The molecule has 2 bridgehead atoms. The number of benzene rings is 1. The molecule has 1 saturated carbocycles. The Hall–Kier alpha value is -2.02. The van der Waals surface area contributed by atoms with E-state index in [1.807, 2.05) is 0 Å². The summed E-state index contributed by atoms with van der Waals surface area (Å²) in [7, 11) is -3.77. The molecule has 1 aliphatic heterocycles. The number of nitrogens with one attached hydrogen (secondary N) is 1. The van der Waals surface area contributed by atoms with Crippen LogP contribution in [-0.4, -0.2) is 20.9 Å². The first-order chi connectivity index (χ1) is 11.3. The number of amidine groups is 1. The number of hydrogen-bond acceptors (Lipinski definition) is 4. The molecule has 7 heteroatoms. The summed E-state index contributed by atoms with van der Waals surface area (Å²) >= 11 is 0. The van der Waals surface area contributed by atoms with Crippen molar-refractivity contribution in [2.45, 2.75) is 32.6 Å². The van der Waals surface area contributed by atoms with Crippen LogP contribution in [-0.2, 0) is 10.2 Å². The smallest absolute Gasteiger partial charge is 0.344 e. The van der Waals surface area contributed by atoms with Crippen LogP contribution in [0.2, 0.25) is 0 Å². The lowest BCUT2D eigenvalue weighted by molar-refractivity contribution is 0.116. The molecular formula is C17H21N3O3S. The van der Waals surface area contributed by atoms with Crippen molar-refractivity contribution in [1.29, 1.82) is 0 Å². The number of allylic oxidation sites excluding steroid dienone is 2. The number of hydrogen-bond donors (Lipinski definition) is 2. The van der Waals surface area contributed by atoms with Crippen molar-refractivity contribution in [3.63, 3.8) is 0 Å². The predicted octanol–water partition coefficient (Wildman–Crippen LogP) is 2.58. The Bertz CT molecular complexity index is 860. The highest BCUT2D eigenvalue weighted by Gasteiger charge is 2.37. The lowest BCUT2D eigenvalue weighted by Gasteiger charge is -2.36. The van der Waals surface area contributed by atoms with Crippen molar-refractivity contribution in [3.8, 4) is 5.75 Å². The van der Waals surface area contributed by atoms with E-state index in [2.05, 4.69) is 22.1 Å². The molecule has 0 saturated heterocycles. The Kier molecular flexibility index (Phi) is 3.38. The van der Waals surface area contributed by atoms with Crippen LogP contribution in [0.4, 0.5) is 5.69 Å². The van der Waals surface area contributed by atoms with Crippen LogP contribution in [0.25, 0.3) is 0 Å². The summed E-state index contributed by atoms with van der Waals surface area (Å²) in [5, 5.41) is 0. The van der Waals surface area contributed by atoms with E-state index in [1.54, 1.807) is 23.8 Å². The number of ether oxygens (including phenoxy) is 1. The zero-order valence-corrected chi connectivity index (χ0v) is 14.4. The van der Waals surface area contributed by atoms with E-state index in [-0.39, 0.29) is 11.3 Å². The fourth-order valence-electron chi connectivity index (χ4n) is 4.19. The maximum Gasteiger partial charge on any atom is 0.344 e. The molecule has 0 aromatic heterocycles. The second-order valence-corrected chi connectivity index (χ2v) is 8.72. The molecular weight excluding hydrogens is 326 g/mol. The first-order valence-corrected chi connectivity index (χ1v) is 9.60. The normalized spacial score (nSPS) is 30.0. The molecule has 0 spiro atoms. The first kappa shape index (κ1) is 15.5. The number of nitrogens with zero attached hydrogens (tertiary/aromatic N) is 1. The standard InChI is InChI=1S/C17H21N3O3S/c1-17(8-11-5-6-12(7-11)9-17)10-23-14-4-2-3-13-15(14)16(18)20-24(21,22)19-13/h2-5,12,19H,6-10H2,1H3,(H2,18,20). The topological polar surface area (TPSA) is 93.8 Å². The SMILES string of the molecule is CC1(COc2cccc3c2C(N)=NS(=O)(=O)N3)CC2=CCC(C2)C1. The number of fused-ring (bicyclic) bond motifs is 3. The van der Waals surface area contributed by atoms with Crippen LogP contribution in [0.15, 0.2) is 34.2 Å². The molecule has 2 unspecified atom stereocenters. The number of rotatable bonds is 3. The predicted molar refractivity (Wildman–Crippen MR) is 93.4 cm³/mol. The largest absolute Gasteiger partial charge is 0.492 e. The molecule has 3 aliphatic rings. The highest BCUT2D eigenvalue weighted by molar-refractivity contribution is 7.91. The van der Waals surface area contributed by atoms with Gasteiger partial charge < -0.3 is 10.5 Å². The molecule has 1 fully saturated rings. The third-order valence-electron chi connectivity index (χ3n) is 5.04. The molecule has 1 aromatic rings. The summed E-state index contributed by atoms with van der Waals surface area (Å²) in [6, 6.07) is 5.22. The average molecular weight is 347 g/mol. The van der Waals surface area contributed by atoms with Crippen LogP contribution in [0.5, 0.6) is 5.75 Å². The van der Waals surface area contributed by atoms with E-state index >= 15 is 0 Å². The highest BCUT2D eigenvalue weighted by atomic mass is 32.2. The van der Waals surface area contributed by atoms with Gasteiger partial charge in [-0.25, -0.2) is 0 Å². The minimum Gasteiger partial charge on any atom is -0.492 e. The van der Waals surface area contributed by atoms with E-state index < -0.39 is 10.2 Å². The zero-order chi connectivity index (χ0) is 16.9. The van der Waals surface area contributed by atoms with Crippen LogP contribution in [0.3, 0.4) is 0 Å². The Morgan fingerprint density at radius 1 is 1.46 bits per heavy atom. The zero-order valence-electron chi connectivity index (χ0n) is 13.6. The summed E-state index contributed by atoms with van der Waals surface area (Å²) in [5.41, 5.74) is 8.44. The Labute approximate surface area is 142 Å². The maximum absolute atomic E-state index is 11.6. The quantitative estimate of drug-likeness (QED) is 0.822. The van der Waals surface area contributed by atoms with Crippen molar-refractivity contribution in [2.75, 3.05) is 11.3 Å². The van der Waals surface area contributed by atoms with Crippen LogP contribution in [0, 0.1) is 11.3 Å². The third-order valence-corrected chi connectivity index (χ3v) is 5.96. The number of anilines is 1. The minimum atomic E-state index is -3.77. The fourth-order valence-corrected chi connectivity index (χ4v) is 5.03. The van der Waals surface area contributed by atoms with Crippen LogP contribution in [0.1, 0.15) is 38.2 Å². The van der Waals surface area contributed by atoms with Crippen LogP contribution < -0.4 is 15.2 Å². The first-order valence-electron chi connectivity index (χ1n) is 8.16. The monoisotopic (exact) mass is 347 g/mol. The molecule has 1 heterocycles. The van der Waals surface area contributed by atoms with Gasteiger partial charge in [0.05, 0.1) is 17.9 Å². The van der Waals surface area contributed by atoms with Crippen molar-refractivity contribution in [3.05, 3.63) is 35.4 Å². The number of nitrogens with two attached hydrogens (primary N) is 1. The maximum atomic E-state index is 11.6. The van der Waals surface area contributed by atoms with Gasteiger partial charge in [-0.2, -0.15) is 8.42 Å². The summed E-state index contributed by atoms with van der Waals surface area (Å²) in [6.07, 6.45) is 7.01. The molecule has 0 radical (unpaired) electrons. The summed E-state index contributed by atoms with van der Waals surface area (Å²) in [5.74, 6) is 1.28. The molecule has 2 aliphatic carbocycles. The molecule has 3 N–H and O–H groups in total. The second kappa shape index (κ2) is 5.24. The van der Waals surface area contributed by atoms with E-state index in [0.29, 0.717) is 23.6 Å². The van der Waals surface area contributed by atoms with Gasteiger partial charge in [0.25, 0.3) is 0 Å². The van der Waals surface area contributed by atoms with Gasteiger partial charge in [-0.3, -0.25) is 4.72 Å². The summed E-state index contributed by atoms with van der Waals surface area (Å²) < 4.78 is 35.3. The van der Waals surface area contributed by atoms with Gasteiger partial charge in [-0.1, -0.05) is 24.6 Å². The van der Waals surface area contributed by atoms with Crippen molar-refractivity contribution < 1.29 is 13.2 Å². The van der Waals surface area contributed by atoms with E-state index in [9.17, 15) is 8.42 Å². The fraction of sp³-hybridized carbons (Fsp3) is 0.471. The molecule has 24 heavy (non-hydrogen) atoms. The Morgan fingerprint density at radius 3 is 3.08 bits per heavy atom. The highest BCUT2D eigenvalue weighted by Crippen LogP contribution is 2.47. The summed E-state index contributed by atoms with van der Waals surface area (Å²) in [6.45, 7) is 2.84. The van der Waals surface area contributed by atoms with E-state index in [1.165, 1.54) is 12.8 Å². The van der Waals surface area contributed by atoms with Crippen molar-refractivity contribution in [1.82, 2.24) is 0 Å². The van der Waals surface area contributed by atoms with Crippen molar-refractivity contribution in [2.24, 2.45) is 21.5 Å². The molecule has 0 amide bonds. The molecule has 1 aromatic carbocycles. The summed E-state index contributed by atoms with van der Waals surface area (Å²) in [4.78, 5) is 0. The molecule has 6 nitrogen and oxygen atoms in total. The molecule has 2 atom stereocenters. The average Bonchev–Trinajstić information content (AvgIpc) is 2.83. The van der Waals surface area contributed by atoms with Gasteiger partial charge in [0.1, 0.15) is 5.75 Å².